The third-order valence-electron chi connectivity index (χ3n) is 1.76. The Balaban J connectivity index is 2.24. The second-order valence-electron chi connectivity index (χ2n) is 2.83. The SMILES string of the molecule is COc1cccc(SCCOCCCl)c1. The Kier molecular flexibility index (Phi) is 6.64. The van der Waals surface area contributed by atoms with E-state index in [-0.39, 0.29) is 0 Å². The van der Waals surface area contributed by atoms with Crippen LogP contribution in [0.25, 0.3) is 0 Å². The fourth-order valence-corrected chi connectivity index (χ4v) is 1.99. The van der Waals surface area contributed by atoms with Crippen molar-refractivity contribution in [2.75, 3.05) is 32.0 Å². The van der Waals surface area contributed by atoms with Crippen LogP contribution < -0.4 is 4.74 Å². The van der Waals surface area contributed by atoms with Gasteiger partial charge in [-0.1, -0.05) is 6.07 Å². The predicted molar refractivity (Wildman–Crippen MR) is 65.3 cm³/mol. The lowest BCUT2D eigenvalue weighted by molar-refractivity contribution is 0.166. The molecule has 0 N–H and O–H groups in total. The zero-order valence-electron chi connectivity index (χ0n) is 8.74. The Morgan fingerprint density at radius 2 is 2.20 bits per heavy atom. The molecule has 0 aromatic heterocycles. The summed E-state index contributed by atoms with van der Waals surface area (Å²) >= 11 is 7.24. The maximum atomic E-state index is 5.49. The molecule has 0 radical (unpaired) electrons. The number of halogens is 1. The van der Waals surface area contributed by atoms with Crippen LogP contribution in [0.5, 0.6) is 5.75 Å². The van der Waals surface area contributed by atoms with E-state index in [1.54, 1.807) is 18.9 Å². The molecular formula is C11H15ClO2S. The van der Waals surface area contributed by atoms with Gasteiger partial charge >= 0.3 is 0 Å². The van der Waals surface area contributed by atoms with Gasteiger partial charge in [-0.3, -0.25) is 0 Å². The van der Waals surface area contributed by atoms with E-state index in [0.717, 1.165) is 18.1 Å². The van der Waals surface area contributed by atoms with Crippen LogP contribution >= 0.6 is 23.4 Å². The van der Waals surface area contributed by atoms with E-state index < -0.39 is 0 Å². The van der Waals surface area contributed by atoms with E-state index >= 15 is 0 Å². The average molecular weight is 247 g/mol. The molecule has 15 heavy (non-hydrogen) atoms. The molecule has 0 unspecified atom stereocenters. The minimum Gasteiger partial charge on any atom is -0.497 e. The van der Waals surface area contributed by atoms with E-state index in [4.69, 9.17) is 21.1 Å². The maximum Gasteiger partial charge on any atom is 0.119 e. The Bertz CT molecular complexity index is 281. The van der Waals surface area contributed by atoms with Crippen LogP contribution in [0.3, 0.4) is 0 Å². The first kappa shape index (κ1) is 12.7. The largest absolute Gasteiger partial charge is 0.497 e. The second kappa shape index (κ2) is 7.85. The van der Waals surface area contributed by atoms with Gasteiger partial charge in [0.25, 0.3) is 0 Å². The van der Waals surface area contributed by atoms with E-state index in [1.165, 1.54) is 4.90 Å². The highest BCUT2D eigenvalue weighted by molar-refractivity contribution is 7.99. The van der Waals surface area contributed by atoms with Gasteiger partial charge in [0.05, 0.1) is 20.3 Å². The summed E-state index contributed by atoms with van der Waals surface area (Å²) in [5.74, 6) is 2.38. The number of hydrogen-bond donors (Lipinski definition) is 0. The monoisotopic (exact) mass is 246 g/mol. The van der Waals surface area contributed by atoms with Gasteiger partial charge in [0.2, 0.25) is 0 Å². The molecular weight excluding hydrogens is 232 g/mol. The number of ether oxygens (including phenoxy) is 2. The van der Waals surface area contributed by atoms with E-state index in [9.17, 15) is 0 Å². The van der Waals surface area contributed by atoms with Crippen LogP contribution in [0.2, 0.25) is 0 Å². The highest BCUT2D eigenvalue weighted by Crippen LogP contribution is 2.22. The molecule has 0 spiro atoms. The molecule has 0 saturated carbocycles. The zero-order valence-corrected chi connectivity index (χ0v) is 10.3. The molecule has 0 aliphatic rings. The fraction of sp³-hybridized carbons (Fsp3) is 0.455. The molecule has 0 aliphatic carbocycles. The minimum absolute atomic E-state index is 0.559. The van der Waals surface area contributed by atoms with Crippen molar-refractivity contribution in [3.8, 4) is 5.75 Å². The summed E-state index contributed by atoms with van der Waals surface area (Å²) in [6.45, 7) is 1.36. The molecule has 1 rings (SSSR count). The molecule has 84 valence electrons. The van der Waals surface area contributed by atoms with Gasteiger partial charge < -0.3 is 9.47 Å². The number of methoxy groups -OCH3 is 1. The lowest BCUT2D eigenvalue weighted by Gasteiger charge is -2.04. The van der Waals surface area contributed by atoms with Crippen LogP contribution in [-0.2, 0) is 4.74 Å². The van der Waals surface area contributed by atoms with Gasteiger partial charge in [-0.15, -0.1) is 23.4 Å². The summed E-state index contributed by atoms with van der Waals surface area (Å²) < 4.78 is 10.4. The van der Waals surface area contributed by atoms with Gasteiger partial charge in [-0.2, -0.15) is 0 Å². The quantitative estimate of drug-likeness (QED) is 0.419. The van der Waals surface area contributed by atoms with E-state index in [0.29, 0.717) is 12.5 Å². The molecule has 0 saturated heterocycles. The summed E-state index contributed by atoms with van der Waals surface area (Å²) in [4.78, 5) is 1.20. The molecule has 1 aromatic carbocycles. The fourth-order valence-electron chi connectivity index (χ4n) is 1.07. The van der Waals surface area contributed by atoms with Crippen molar-refractivity contribution in [2.45, 2.75) is 4.90 Å². The van der Waals surface area contributed by atoms with Crippen molar-refractivity contribution in [3.63, 3.8) is 0 Å². The Morgan fingerprint density at radius 3 is 2.93 bits per heavy atom. The molecule has 1 aromatic rings. The summed E-state index contributed by atoms with van der Waals surface area (Å²) in [6.07, 6.45) is 0. The summed E-state index contributed by atoms with van der Waals surface area (Å²) in [7, 11) is 1.67. The van der Waals surface area contributed by atoms with Crippen molar-refractivity contribution in [1.82, 2.24) is 0 Å². The van der Waals surface area contributed by atoms with Crippen LogP contribution in [-0.4, -0.2) is 32.0 Å². The van der Waals surface area contributed by atoms with Crippen molar-refractivity contribution in [1.29, 1.82) is 0 Å². The van der Waals surface area contributed by atoms with Gasteiger partial charge in [0.1, 0.15) is 5.75 Å². The number of hydrogen-bond acceptors (Lipinski definition) is 3. The Morgan fingerprint density at radius 1 is 1.33 bits per heavy atom. The molecule has 0 aliphatic heterocycles. The number of benzene rings is 1. The van der Waals surface area contributed by atoms with Crippen molar-refractivity contribution in [2.24, 2.45) is 0 Å². The predicted octanol–water partition coefficient (Wildman–Crippen LogP) is 3.04. The molecule has 0 heterocycles. The summed E-state index contributed by atoms with van der Waals surface area (Å²) in [5.41, 5.74) is 0. The summed E-state index contributed by atoms with van der Waals surface area (Å²) in [5, 5.41) is 0. The Hall–Kier alpha value is -0.380. The van der Waals surface area contributed by atoms with Gasteiger partial charge in [-0.05, 0) is 18.2 Å². The minimum atomic E-state index is 0.559. The smallest absolute Gasteiger partial charge is 0.119 e. The van der Waals surface area contributed by atoms with Gasteiger partial charge in [-0.25, -0.2) is 0 Å². The van der Waals surface area contributed by atoms with Gasteiger partial charge in [0.15, 0.2) is 0 Å². The first-order valence-corrected chi connectivity index (χ1v) is 6.29. The number of alkyl halides is 1. The topological polar surface area (TPSA) is 18.5 Å². The highest BCUT2D eigenvalue weighted by Gasteiger charge is 1.96. The second-order valence-corrected chi connectivity index (χ2v) is 4.38. The first-order valence-electron chi connectivity index (χ1n) is 4.77. The van der Waals surface area contributed by atoms with Crippen molar-refractivity contribution >= 4 is 23.4 Å². The standard InChI is InChI=1S/C11H15ClO2S/c1-13-10-3-2-4-11(9-10)15-8-7-14-6-5-12/h2-4,9H,5-8H2,1H3. The molecule has 0 bridgehead atoms. The van der Waals surface area contributed by atoms with E-state index in [2.05, 4.69) is 6.07 Å². The van der Waals surface area contributed by atoms with Crippen molar-refractivity contribution in [3.05, 3.63) is 24.3 Å². The molecule has 0 amide bonds. The molecule has 0 fully saturated rings. The molecule has 2 nitrogen and oxygen atoms in total. The highest BCUT2D eigenvalue weighted by atomic mass is 35.5. The number of rotatable bonds is 7. The normalized spacial score (nSPS) is 10.3. The molecule has 0 atom stereocenters. The third kappa shape index (κ3) is 5.30. The van der Waals surface area contributed by atoms with Crippen molar-refractivity contribution < 1.29 is 9.47 Å². The lowest BCUT2D eigenvalue weighted by atomic mass is 10.3. The lowest BCUT2D eigenvalue weighted by Crippen LogP contribution is -1.99. The van der Waals surface area contributed by atoms with Crippen LogP contribution in [0.15, 0.2) is 29.2 Å². The van der Waals surface area contributed by atoms with Gasteiger partial charge in [0, 0.05) is 16.5 Å². The first-order chi connectivity index (χ1) is 7.36. The van der Waals surface area contributed by atoms with Crippen LogP contribution in [0.1, 0.15) is 0 Å². The molecule has 4 heteroatoms. The maximum absolute atomic E-state index is 5.49. The zero-order chi connectivity index (χ0) is 10.9. The third-order valence-corrected chi connectivity index (χ3v) is 2.87. The Labute approximate surface area is 99.9 Å². The average Bonchev–Trinajstić information content (AvgIpc) is 2.29. The number of thioether (sulfide) groups is 1. The van der Waals surface area contributed by atoms with E-state index in [1.807, 2.05) is 18.2 Å². The van der Waals surface area contributed by atoms with Crippen LogP contribution in [0, 0.1) is 0 Å². The summed E-state index contributed by atoms with van der Waals surface area (Å²) in [6, 6.07) is 8.01. The van der Waals surface area contributed by atoms with Crippen LogP contribution in [0.4, 0.5) is 0 Å².